The first-order valence-corrected chi connectivity index (χ1v) is 7.71. The number of hydrogen-bond donors (Lipinski definition) is 1. The summed E-state index contributed by atoms with van der Waals surface area (Å²) >= 11 is 0. The first kappa shape index (κ1) is 16.5. The van der Waals surface area contributed by atoms with Gasteiger partial charge in [-0.15, -0.1) is 0 Å². The van der Waals surface area contributed by atoms with Crippen molar-refractivity contribution in [3.05, 3.63) is 0 Å². The van der Waals surface area contributed by atoms with Crippen molar-refractivity contribution >= 4 is 0 Å². The van der Waals surface area contributed by atoms with Crippen molar-refractivity contribution in [2.45, 2.75) is 72.1 Å². The minimum absolute atomic E-state index is 0.190. The van der Waals surface area contributed by atoms with E-state index in [1.165, 1.54) is 12.8 Å². The molecule has 1 fully saturated rings. The molecular weight excluding hydrogens is 236 g/mol. The van der Waals surface area contributed by atoms with Crippen molar-refractivity contribution in [3.63, 3.8) is 0 Å². The van der Waals surface area contributed by atoms with E-state index in [9.17, 15) is 0 Å². The molecule has 0 amide bonds. The Bertz CT molecular complexity index is 296. The molecule has 0 saturated heterocycles. The monoisotopic (exact) mass is 266 g/mol. The van der Waals surface area contributed by atoms with Crippen LogP contribution in [0.25, 0.3) is 0 Å². The van der Waals surface area contributed by atoms with Gasteiger partial charge >= 0.3 is 0 Å². The Morgan fingerprint density at radius 2 is 1.95 bits per heavy atom. The third kappa shape index (κ3) is 5.50. The number of nitrogens with zero attached hydrogens (tertiary/aromatic N) is 1. The smallest absolute Gasteiger partial charge is 0.119 e. The number of ether oxygens (including phenoxy) is 1. The third-order valence-electron chi connectivity index (χ3n) is 4.13. The lowest BCUT2D eigenvalue weighted by atomic mass is 9.75. The Morgan fingerprint density at radius 1 is 1.26 bits per heavy atom. The summed E-state index contributed by atoms with van der Waals surface area (Å²) in [6, 6.07) is 2.42. The van der Waals surface area contributed by atoms with Crippen LogP contribution < -0.4 is 5.32 Å². The molecule has 0 aromatic heterocycles. The molecule has 0 bridgehead atoms. The molecule has 0 spiro atoms. The quantitative estimate of drug-likeness (QED) is 0.802. The van der Waals surface area contributed by atoms with Gasteiger partial charge in [0.25, 0.3) is 0 Å². The van der Waals surface area contributed by atoms with Crippen LogP contribution >= 0.6 is 0 Å². The Kier molecular flexibility index (Phi) is 6.82. The van der Waals surface area contributed by atoms with E-state index in [0.29, 0.717) is 30.6 Å². The maximum atomic E-state index is 9.14. The minimum Gasteiger partial charge on any atom is -0.375 e. The van der Waals surface area contributed by atoms with Crippen molar-refractivity contribution in [2.24, 2.45) is 17.8 Å². The Labute approximate surface area is 118 Å². The zero-order chi connectivity index (χ0) is 14.4. The summed E-state index contributed by atoms with van der Waals surface area (Å²) < 4.78 is 6.10. The van der Waals surface area contributed by atoms with E-state index < -0.39 is 0 Å². The van der Waals surface area contributed by atoms with E-state index in [0.717, 1.165) is 12.3 Å². The van der Waals surface area contributed by atoms with E-state index in [1.807, 2.05) is 0 Å². The van der Waals surface area contributed by atoms with E-state index in [-0.39, 0.29) is 6.04 Å². The van der Waals surface area contributed by atoms with Gasteiger partial charge in [-0.05, 0) is 44.4 Å². The molecule has 1 saturated carbocycles. The number of hydrogen-bond acceptors (Lipinski definition) is 3. The van der Waals surface area contributed by atoms with Crippen LogP contribution in [0.3, 0.4) is 0 Å². The molecule has 1 aliphatic carbocycles. The fourth-order valence-electron chi connectivity index (χ4n) is 3.05. The summed E-state index contributed by atoms with van der Waals surface area (Å²) in [5.41, 5.74) is 0. The van der Waals surface area contributed by atoms with Gasteiger partial charge in [0.05, 0.1) is 18.8 Å². The second kappa shape index (κ2) is 7.87. The lowest BCUT2D eigenvalue weighted by Crippen LogP contribution is -2.41. The molecule has 4 atom stereocenters. The highest BCUT2D eigenvalue weighted by molar-refractivity contribution is 4.91. The van der Waals surface area contributed by atoms with Crippen LogP contribution in [0.1, 0.15) is 53.9 Å². The number of rotatable bonds is 6. The normalized spacial score (nSPS) is 29.5. The van der Waals surface area contributed by atoms with E-state index >= 15 is 0 Å². The van der Waals surface area contributed by atoms with Crippen molar-refractivity contribution in [1.29, 1.82) is 5.26 Å². The number of nitrogens with one attached hydrogen (secondary N) is 1. The average molecular weight is 266 g/mol. The summed E-state index contributed by atoms with van der Waals surface area (Å²) in [6.45, 7) is 11.5. The molecule has 0 heterocycles. The highest BCUT2D eigenvalue weighted by atomic mass is 16.5. The molecule has 0 aromatic rings. The zero-order valence-electron chi connectivity index (χ0n) is 13.1. The molecule has 3 nitrogen and oxygen atoms in total. The van der Waals surface area contributed by atoms with Crippen molar-refractivity contribution < 1.29 is 4.74 Å². The van der Waals surface area contributed by atoms with E-state index in [1.54, 1.807) is 0 Å². The summed E-state index contributed by atoms with van der Waals surface area (Å²) in [5, 5.41) is 12.4. The minimum atomic E-state index is -0.190. The van der Waals surface area contributed by atoms with E-state index in [4.69, 9.17) is 10.00 Å². The van der Waals surface area contributed by atoms with Gasteiger partial charge in [0.15, 0.2) is 0 Å². The molecule has 1 N–H and O–H groups in total. The maximum Gasteiger partial charge on any atom is 0.119 e. The molecule has 3 heteroatoms. The van der Waals surface area contributed by atoms with Gasteiger partial charge in [0.2, 0.25) is 0 Å². The predicted octanol–water partition coefficient (Wildman–Crippen LogP) is 3.35. The summed E-state index contributed by atoms with van der Waals surface area (Å²) in [7, 11) is 0. The molecule has 1 aliphatic rings. The second-order valence-electron chi connectivity index (χ2n) is 6.70. The highest BCUT2D eigenvalue weighted by Gasteiger charge is 2.31. The maximum absolute atomic E-state index is 9.14. The fraction of sp³-hybridized carbons (Fsp3) is 0.938. The molecule has 0 aliphatic heterocycles. The van der Waals surface area contributed by atoms with Gasteiger partial charge in [-0.1, -0.05) is 27.2 Å². The topological polar surface area (TPSA) is 45.0 Å². The highest BCUT2D eigenvalue weighted by Crippen LogP contribution is 2.35. The molecule has 19 heavy (non-hydrogen) atoms. The predicted molar refractivity (Wildman–Crippen MR) is 78.8 cm³/mol. The molecule has 0 aromatic carbocycles. The molecular formula is C16H30N2O. The lowest BCUT2D eigenvalue weighted by molar-refractivity contribution is -0.0420. The Hall–Kier alpha value is -0.590. The van der Waals surface area contributed by atoms with Gasteiger partial charge < -0.3 is 4.74 Å². The second-order valence-corrected chi connectivity index (χ2v) is 6.70. The first-order chi connectivity index (χ1) is 8.93. The van der Waals surface area contributed by atoms with Gasteiger partial charge in [0, 0.05) is 6.04 Å². The van der Waals surface area contributed by atoms with Crippen LogP contribution in [0, 0.1) is 29.1 Å². The summed E-state index contributed by atoms with van der Waals surface area (Å²) in [5.74, 6) is 2.06. The zero-order valence-corrected chi connectivity index (χ0v) is 13.1. The van der Waals surface area contributed by atoms with Crippen LogP contribution in [0.2, 0.25) is 0 Å². The van der Waals surface area contributed by atoms with E-state index in [2.05, 4.69) is 46.0 Å². The third-order valence-corrected chi connectivity index (χ3v) is 4.13. The van der Waals surface area contributed by atoms with Crippen LogP contribution in [-0.4, -0.2) is 24.8 Å². The Balaban J connectivity index is 2.49. The van der Waals surface area contributed by atoms with Crippen LogP contribution in [0.4, 0.5) is 0 Å². The lowest BCUT2D eigenvalue weighted by Gasteiger charge is -2.37. The standard InChI is InChI=1S/C16H30N2O/c1-11(2)15-7-6-13(5)8-16(15)19-10-14(9-17)18-12(3)4/h11-16,18H,6-8,10H2,1-5H3. The SMILES string of the molecule is CC1CCC(C(C)C)C(OCC(C#N)NC(C)C)C1. The van der Waals surface area contributed by atoms with Crippen LogP contribution in [-0.2, 0) is 4.74 Å². The molecule has 1 rings (SSSR count). The van der Waals surface area contributed by atoms with Gasteiger partial charge in [-0.3, -0.25) is 5.32 Å². The fourth-order valence-corrected chi connectivity index (χ4v) is 3.05. The van der Waals surface area contributed by atoms with Gasteiger partial charge in [-0.2, -0.15) is 5.26 Å². The molecule has 4 unspecified atom stereocenters. The first-order valence-electron chi connectivity index (χ1n) is 7.71. The van der Waals surface area contributed by atoms with Crippen molar-refractivity contribution in [2.75, 3.05) is 6.61 Å². The van der Waals surface area contributed by atoms with Crippen molar-refractivity contribution in [3.8, 4) is 6.07 Å². The van der Waals surface area contributed by atoms with Gasteiger partial charge in [-0.25, -0.2) is 0 Å². The van der Waals surface area contributed by atoms with Crippen LogP contribution in [0.15, 0.2) is 0 Å². The number of nitriles is 1. The summed E-state index contributed by atoms with van der Waals surface area (Å²) in [6.07, 6.45) is 4.05. The largest absolute Gasteiger partial charge is 0.375 e. The summed E-state index contributed by atoms with van der Waals surface area (Å²) in [4.78, 5) is 0. The molecule has 0 radical (unpaired) electrons. The average Bonchev–Trinajstić information content (AvgIpc) is 2.33. The Morgan fingerprint density at radius 3 is 2.47 bits per heavy atom. The molecule has 110 valence electrons. The van der Waals surface area contributed by atoms with Crippen molar-refractivity contribution in [1.82, 2.24) is 5.32 Å². The van der Waals surface area contributed by atoms with Gasteiger partial charge in [0.1, 0.15) is 6.04 Å². The van der Waals surface area contributed by atoms with Crippen LogP contribution in [0.5, 0.6) is 0 Å².